The van der Waals surface area contributed by atoms with Crippen molar-refractivity contribution in [3.05, 3.63) is 65.0 Å². The van der Waals surface area contributed by atoms with Crippen LogP contribution in [-0.2, 0) is 12.8 Å². The first-order chi connectivity index (χ1) is 9.67. The van der Waals surface area contributed by atoms with Gasteiger partial charge in [0.05, 0.1) is 5.69 Å². The van der Waals surface area contributed by atoms with E-state index in [1.165, 1.54) is 16.7 Å². The number of imidazole rings is 1. The molecule has 3 rings (SSSR count). The first-order valence-corrected chi connectivity index (χ1v) is 6.98. The lowest BCUT2D eigenvalue weighted by Gasteiger charge is -2.02. The van der Waals surface area contributed by atoms with Crippen molar-refractivity contribution in [1.29, 1.82) is 0 Å². The van der Waals surface area contributed by atoms with E-state index in [1.807, 2.05) is 16.7 Å². The van der Waals surface area contributed by atoms with Crippen LogP contribution in [-0.4, -0.2) is 9.38 Å². The van der Waals surface area contributed by atoms with Gasteiger partial charge in [0.15, 0.2) is 0 Å². The fourth-order valence-electron chi connectivity index (χ4n) is 2.43. The summed E-state index contributed by atoms with van der Waals surface area (Å²) in [7, 11) is 0. The molecule has 102 valence electrons. The molecule has 3 heteroatoms. The predicted molar refractivity (Wildman–Crippen MR) is 83.0 cm³/mol. The Morgan fingerprint density at radius 1 is 1.10 bits per heavy atom. The van der Waals surface area contributed by atoms with Crippen molar-refractivity contribution in [3.63, 3.8) is 0 Å². The van der Waals surface area contributed by atoms with Crippen LogP contribution in [0.1, 0.15) is 29.3 Å². The van der Waals surface area contributed by atoms with Gasteiger partial charge < -0.3 is 5.73 Å². The summed E-state index contributed by atoms with van der Waals surface area (Å²) in [5, 5.41) is 0. The Hall–Kier alpha value is -2.29. The standard InChI is InChI=1S/C17H19N3/c1-3-13-4-6-14(7-5-13)11-15-17(18)20-9-8-12(2)10-16(20)19-15/h4-10H,3,11,18H2,1-2H3. The number of fused-ring (bicyclic) bond motifs is 1. The van der Waals surface area contributed by atoms with Gasteiger partial charge in [0.1, 0.15) is 11.5 Å². The highest BCUT2D eigenvalue weighted by molar-refractivity contribution is 5.54. The molecule has 0 fully saturated rings. The number of anilines is 1. The maximum atomic E-state index is 6.19. The summed E-state index contributed by atoms with van der Waals surface area (Å²) in [6.07, 6.45) is 3.82. The number of aromatic nitrogens is 2. The van der Waals surface area contributed by atoms with Crippen LogP contribution in [0, 0.1) is 6.92 Å². The lowest BCUT2D eigenvalue weighted by molar-refractivity contribution is 1.09. The Balaban J connectivity index is 1.95. The average molecular weight is 265 g/mol. The molecule has 0 aliphatic carbocycles. The molecule has 0 amide bonds. The molecule has 0 spiro atoms. The van der Waals surface area contributed by atoms with Gasteiger partial charge in [-0.05, 0) is 42.2 Å². The maximum absolute atomic E-state index is 6.19. The molecular formula is C17H19N3. The molecule has 2 aromatic heterocycles. The minimum atomic E-state index is 0.736. The minimum absolute atomic E-state index is 0.736. The van der Waals surface area contributed by atoms with Crippen LogP contribution in [0.4, 0.5) is 5.82 Å². The number of benzene rings is 1. The van der Waals surface area contributed by atoms with Gasteiger partial charge in [-0.1, -0.05) is 31.2 Å². The fraction of sp³-hybridized carbons (Fsp3) is 0.235. The lowest BCUT2D eigenvalue weighted by Crippen LogP contribution is -1.97. The highest BCUT2D eigenvalue weighted by atomic mass is 15.1. The number of nitrogen functional groups attached to an aromatic ring is 1. The molecule has 2 N–H and O–H groups in total. The third kappa shape index (κ3) is 2.27. The van der Waals surface area contributed by atoms with E-state index < -0.39 is 0 Å². The maximum Gasteiger partial charge on any atom is 0.138 e. The van der Waals surface area contributed by atoms with Crippen molar-refractivity contribution in [2.45, 2.75) is 26.7 Å². The largest absolute Gasteiger partial charge is 0.383 e. The smallest absolute Gasteiger partial charge is 0.138 e. The Kier molecular flexibility index (Phi) is 3.18. The molecule has 0 aliphatic heterocycles. The van der Waals surface area contributed by atoms with Crippen molar-refractivity contribution in [1.82, 2.24) is 9.38 Å². The number of hydrogen-bond acceptors (Lipinski definition) is 2. The van der Waals surface area contributed by atoms with Gasteiger partial charge in [0.25, 0.3) is 0 Å². The fourth-order valence-corrected chi connectivity index (χ4v) is 2.43. The Morgan fingerprint density at radius 3 is 2.50 bits per heavy atom. The molecule has 20 heavy (non-hydrogen) atoms. The minimum Gasteiger partial charge on any atom is -0.383 e. The number of hydrogen-bond donors (Lipinski definition) is 1. The van der Waals surface area contributed by atoms with E-state index in [-0.39, 0.29) is 0 Å². The molecule has 1 aromatic carbocycles. The third-order valence-electron chi connectivity index (χ3n) is 3.70. The third-order valence-corrected chi connectivity index (χ3v) is 3.70. The summed E-state index contributed by atoms with van der Waals surface area (Å²) in [6, 6.07) is 12.8. The van der Waals surface area contributed by atoms with Crippen LogP contribution in [0.25, 0.3) is 5.65 Å². The molecule has 0 atom stereocenters. The summed E-state index contributed by atoms with van der Waals surface area (Å²) in [5.74, 6) is 0.736. The zero-order valence-corrected chi connectivity index (χ0v) is 11.9. The second-order valence-electron chi connectivity index (χ2n) is 5.22. The molecule has 0 radical (unpaired) electrons. The van der Waals surface area contributed by atoms with Crippen molar-refractivity contribution in [2.24, 2.45) is 0 Å². The summed E-state index contributed by atoms with van der Waals surface area (Å²) in [5.41, 5.74) is 11.9. The zero-order chi connectivity index (χ0) is 14.1. The molecule has 0 bridgehead atoms. The van der Waals surface area contributed by atoms with Gasteiger partial charge in [0, 0.05) is 12.6 Å². The monoisotopic (exact) mass is 265 g/mol. The SMILES string of the molecule is CCc1ccc(Cc2nc3cc(C)ccn3c2N)cc1. The van der Waals surface area contributed by atoms with Gasteiger partial charge >= 0.3 is 0 Å². The van der Waals surface area contributed by atoms with E-state index in [9.17, 15) is 0 Å². The van der Waals surface area contributed by atoms with Crippen LogP contribution >= 0.6 is 0 Å². The number of rotatable bonds is 3. The summed E-state index contributed by atoms with van der Waals surface area (Å²) in [4.78, 5) is 4.65. The van der Waals surface area contributed by atoms with Crippen LogP contribution < -0.4 is 5.73 Å². The molecule has 2 heterocycles. The van der Waals surface area contributed by atoms with Crippen LogP contribution in [0.2, 0.25) is 0 Å². The van der Waals surface area contributed by atoms with Crippen molar-refractivity contribution < 1.29 is 0 Å². The van der Waals surface area contributed by atoms with Crippen molar-refractivity contribution in [3.8, 4) is 0 Å². The van der Waals surface area contributed by atoms with E-state index in [2.05, 4.69) is 49.2 Å². The first kappa shape index (κ1) is 12.7. The van der Waals surface area contributed by atoms with E-state index >= 15 is 0 Å². The normalized spacial score (nSPS) is 11.1. The van der Waals surface area contributed by atoms with Crippen LogP contribution in [0.3, 0.4) is 0 Å². The van der Waals surface area contributed by atoms with E-state index in [1.54, 1.807) is 0 Å². The highest BCUT2D eigenvalue weighted by Gasteiger charge is 2.09. The first-order valence-electron chi connectivity index (χ1n) is 6.98. The van der Waals surface area contributed by atoms with Crippen LogP contribution in [0.5, 0.6) is 0 Å². The molecule has 0 aliphatic rings. The molecule has 3 aromatic rings. The number of nitrogens with zero attached hydrogens (tertiary/aromatic N) is 2. The zero-order valence-electron chi connectivity index (χ0n) is 11.9. The summed E-state index contributed by atoms with van der Waals surface area (Å²) < 4.78 is 1.95. The number of pyridine rings is 1. The van der Waals surface area contributed by atoms with E-state index in [0.717, 1.165) is 30.0 Å². The van der Waals surface area contributed by atoms with Gasteiger partial charge in [0.2, 0.25) is 0 Å². The van der Waals surface area contributed by atoms with Gasteiger partial charge in [-0.15, -0.1) is 0 Å². The van der Waals surface area contributed by atoms with E-state index in [0.29, 0.717) is 0 Å². The molecule has 0 unspecified atom stereocenters. The van der Waals surface area contributed by atoms with E-state index in [4.69, 9.17) is 5.73 Å². The lowest BCUT2D eigenvalue weighted by atomic mass is 10.1. The molecule has 0 saturated carbocycles. The highest BCUT2D eigenvalue weighted by Crippen LogP contribution is 2.19. The topological polar surface area (TPSA) is 43.3 Å². The summed E-state index contributed by atoms with van der Waals surface area (Å²) >= 11 is 0. The second-order valence-corrected chi connectivity index (χ2v) is 5.22. The van der Waals surface area contributed by atoms with Crippen LogP contribution in [0.15, 0.2) is 42.6 Å². The molecular weight excluding hydrogens is 246 g/mol. The molecule has 3 nitrogen and oxygen atoms in total. The quantitative estimate of drug-likeness (QED) is 0.789. The van der Waals surface area contributed by atoms with Gasteiger partial charge in [-0.2, -0.15) is 0 Å². The summed E-state index contributed by atoms with van der Waals surface area (Å²) in [6.45, 7) is 4.23. The van der Waals surface area contributed by atoms with Crippen molar-refractivity contribution in [2.75, 3.05) is 5.73 Å². The number of aryl methyl sites for hydroxylation is 2. The Bertz CT molecular complexity index is 739. The Labute approximate surface area is 119 Å². The second kappa shape index (κ2) is 5.00. The van der Waals surface area contributed by atoms with Gasteiger partial charge in [-0.25, -0.2) is 4.98 Å². The van der Waals surface area contributed by atoms with Crippen molar-refractivity contribution >= 4 is 11.5 Å². The molecule has 0 saturated heterocycles. The average Bonchev–Trinajstić information content (AvgIpc) is 2.75. The Morgan fingerprint density at radius 2 is 1.80 bits per heavy atom. The predicted octanol–water partition coefficient (Wildman–Crippen LogP) is 3.38. The number of nitrogens with two attached hydrogens (primary N) is 1. The van der Waals surface area contributed by atoms with Gasteiger partial charge in [-0.3, -0.25) is 4.40 Å².